The topological polar surface area (TPSA) is 64.7 Å². The van der Waals surface area contributed by atoms with Gasteiger partial charge in [-0.2, -0.15) is 0 Å². The SMILES string of the molecule is COc1cc(OC)cc(C2(CN)CC(O)C2)c1. The van der Waals surface area contributed by atoms with E-state index < -0.39 is 0 Å². The summed E-state index contributed by atoms with van der Waals surface area (Å²) in [5.41, 5.74) is 6.81. The van der Waals surface area contributed by atoms with Crippen LogP contribution in [0.25, 0.3) is 0 Å². The summed E-state index contributed by atoms with van der Waals surface area (Å²) in [5.74, 6) is 1.52. The second-order valence-electron chi connectivity index (χ2n) is 4.65. The molecule has 0 aromatic heterocycles. The molecule has 1 aromatic carbocycles. The molecule has 0 unspecified atom stereocenters. The van der Waals surface area contributed by atoms with Crippen LogP contribution < -0.4 is 15.2 Å². The van der Waals surface area contributed by atoms with Gasteiger partial charge in [-0.1, -0.05) is 0 Å². The Bertz CT molecular complexity index is 377. The molecule has 0 atom stereocenters. The first-order chi connectivity index (χ1) is 8.13. The summed E-state index contributed by atoms with van der Waals surface area (Å²) >= 11 is 0. The van der Waals surface area contributed by atoms with Gasteiger partial charge in [0, 0.05) is 18.0 Å². The first-order valence-electron chi connectivity index (χ1n) is 5.75. The van der Waals surface area contributed by atoms with Crippen LogP contribution in [0.15, 0.2) is 18.2 Å². The molecule has 1 aliphatic rings. The molecule has 1 aliphatic carbocycles. The van der Waals surface area contributed by atoms with E-state index in [2.05, 4.69) is 0 Å². The third-order valence-corrected chi connectivity index (χ3v) is 3.61. The minimum absolute atomic E-state index is 0.124. The maximum Gasteiger partial charge on any atom is 0.122 e. The predicted molar refractivity (Wildman–Crippen MR) is 65.5 cm³/mol. The second kappa shape index (κ2) is 4.55. The van der Waals surface area contributed by atoms with E-state index in [-0.39, 0.29) is 11.5 Å². The van der Waals surface area contributed by atoms with Crippen LogP contribution in [-0.2, 0) is 5.41 Å². The lowest BCUT2D eigenvalue weighted by Crippen LogP contribution is -2.49. The highest BCUT2D eigenvalue weighted by atomic mass is 16.5. The lowest BCUT2D eigenvalue weighted by molar-refractivity contribution is 0.0220. The molecule has 94 valence electrons. The van der Waals surface area contributed by atoms with Crippen molar-refractivity contribution < 1.29 is 14.6 Å². The fraction of sp³-hybridized carbons (Fsp3) is 0.538. The Morgan fingerprint density at radius 1 is 1.24 bits per heavy atom. The van der Waals surface area contributed by atoms with E-state index in [1.165, 1.54) is 0 Å². The lowest BCUT2D eigenvalue weighted by atomic mass is 9.63. The maximum absolute atomic E-state index is 9.51. The van der Waals surface area contributed by atoms with Gasteiger partial charge in [0.15, 0.2) is 0 Å². The standard InChI is InChI=1S/C13H19NO3/c1-16-11-3-9(4-12(5-11)17-2)13(8-14)6-10(15)7-13/h3-5,10,15H,6-8,14H2,1-2H3. The molecule has 4 heteroatoms. The Hall–Kier alpha value is -1.26. The zero-order valence-electron chi connectivity index (χ0n) is 10.3. The molecule has 0 saturated heterocycles. The fourth-order valence-corrected chi connectivity index (χ4v) is 2.48. The average Bonchev–Trinajstić information content (AvgIpc) is 2.33. The van der Waals surface area contributed by atoms with Gasteiger partial charge in [0.2, 0.25) is 0 Å². The van der Waals surface area contributed by atoms with Gasteiger partial charge in [-0.15, -0.1) is 0 Å². The quantitative estimate of drug-likeness (QED) is 0.821. The zero-order valence-corrected chi connectivity index (χ0v) is 10.3. The maximum atomic E-state index is 9.51. The summed E-state index contributed by atoms with van der Waals surface area (Å²) in [4.78, 5) is 0. The van der Waals surface area contributed by atoms with Gasteiger partial charge in [-0.05, 0) is 30.5 Å². The van der Waals surface area contributed by atoms with E-state index in [1.54, 1.807) is 14.2 Å². The monoisotopic (exact) mass is 237 g/mol. The van der Waals surface area contributed by atoms with Gasteiger partial charge in [-0.3, -0.25) is 0 Å². The van der Waals surface area contributed by atoms with Crippen molar-refractivity contribution in [2.24, 2.45) is 5.73 Å². The number of rotatable bonds is 4. The van der Waals surface area contributed by atoms with Crippen molar-refractivity contribution in [2.45, 2.75) is 24.4 Å². The van der Waals surface area contributed by atoms with Crippen LogP contribution in [0.3, 0.4) is 0 Å². The fourth-order valence-electron chi connectivity index (χ4n) is 2.48. The van der Waals surface area contributed by atoms with E-state index in [9.17, 15) is 5.11 Å². The van der Waals surface area contributed by atoms with Crippen LogP contribution in [0.4, 0.5) is 0 Å². The molecule has 0 radical (unpaired) electrons. The molecular formula is C13H19NO3. The molecule has 3 N–H and O–H groups in total. The van der Waals surface area contributed by atoms with Crippen molar-refractivity contribution >= 4 is 0 Å². The first-order valence-corrected chi connectivity index (χ1v) is 5.75. The van der Waals surface area contributed by atoms with Gasteiger partial charge in [0.1, 0.15) is 11.5 Å². The zero-order chi connectivity index (χ0) is 12.5. The number of aliphatic hydroxyl groups excluding tert-OH is 1. The van der Waals surface area contributed by atoms with Crippen LogP contribution in [0.5, 0.6) is 11.5 Å². The normalized spacial score (nSPS) is 27.4. The molecule has 17 heavy (non-hydrogen) atoms. The molecule has 0 amide bonds. The summed E-state index contributed by atoms with van der Waals surface area (Å²) in [6, 6.07) is 5.78. The molecule has 1 aromatic rings. The molecule has 0 aliphatic heterocycles. The predicted octanol–water partition coefficient (Wildman–Crippen LogP) is 1.06. The number of aliphatic hydroxyl groups is 1. The number of methoxy groups -OCH3 is 2. The van der Waals surface area contributed by atoms with E-state index in [4.69, 9.17) is 15.2 Å². The van der Waals surface area contributed by atoms with Crippen molar-refractivity contribution in [3.8, 4) is 11.5 Å². The number of benzene rings is 1. The van der Waals surface area contributed by atoms with Crippen molar-refractivity contribution in [3.63, 3.8) is 0 Å². The minimum atomic E-state index is -0.240. The van der Waals surface area contributed by atoms with Crippen molar-refractivity contribution in [3.05, 3.63) is 23.8 Å². The van der Waals surface area contributed by atoms with Crippen LogP contribution in [0.1, 0.15) is 18.4 Å². The van der Waals surface area contributed by atoms with E-state index in [0.29, 0.717) is 19.4 Å². The van der Waals surface area contributed by atoms with Gasteiger partial charge in [0.25, 0.3) is 0 Å². The minimum Gasteiger partial charge on any atom is -0.497 e. The summed E-state index contributed by atoms with van der Waals surface area (Å²) in [6.07, 6.45) is 1.18. The first kappa shape index (κ1) is 12.2. The Morgan fingerprint density at radius 3 is 2.12 bits per heavy atom. The Labute approximate surface area is 101 Å². The molecule has 0 heterocycles. The Kier molecular flexibility index (Phi) is 3.26. The van der Waals surface area contributed by atoms with Crippen LogP contribution in [0.2, 0.25) is 0 Å². The highest BCUT2D eigenvalue weighted by Gasteiger charge is 2.44. The van der Waals surface area contributed by atoms with Gasteiger partial charge < -0.3 is 20.3 Å². The van der Waals surface area contributed by atoms with Crippen molar-refractivity contribution in [1.82, 2.24) is 0 Å². The van der Waals surface area contributed by atoms with E-state index >= 15 is 0 Å². The Morgan fingerprint density at radius 2 is 1.76 bits per heavy atom. The molecule has 4 nitrogen and oxygen atoms in total. The van der Waals surface area contributed by atoms with Crippen LogP contribution >= 0.6 is 0 Å². The smallest absolute Gasteiger partial charge is 0.122 e. The largest absolute Gasteiger partial charge is 0.497 e. The summed E-state index contributed by atoms with van der Waals surface area (Å²) < 4.78 is 10.5. The molecule has 2 rings (SSSR count). The molecule has 0 spiro atoms. The van der Waals surface area contributed by atoms with Gasteiger partial charge in [-0.25, -0.2) is 0 Å². The molecule has 1 saturated carbocycles. The van der Waals surface area contributed by atoms with Gasteiger partial charge >= 0.3 is 0 Å². The van der Waals surface area contributed by atoms with Crippen molar-refractivity contribution in [1.29, 1.82) is 0 Å². The van der Waals surface area contributed by atoms with Crippen LogP contribution in [-0.4, -0.2) is 32.0 Å². The van der Waals surface area contributed by atoms with Crippen molar-refractivity contribution in [2.75, 3.05) is 20.8 Å². The van der Waals surface area contributed by atoms with Crippen LogP contribution in [0, 0.1) is 0 Å². The average molecular weight is 237 g/mol. The van der Waals surface area contributed by atoms with E-state index in [0.717, 1.165) is 17.1 Å². The van der Waals surface area contributed by atoms with Gasteiger partial charge in [0.05, 0.1) is 20.3 Å². The molecule has 1 fully saturated rings. The molecule has 0 bridgehead atoms. The second-order valence-corrected chi connectivity index (χ2v) is 4.65. The number of nitrogens with two attached hydrogens (primary N) is 1. The number of hydrogen-bond donors (Lipinski definition) is 2. The third kappa shape index (κ3) is 2.10. The highest BCUT2D eigenvalue weighted by molar-refractivity contribution is 5.43. The summed E-state index contributed by atoms with van der Waals surface area (Å²) in [7, 11) is 3.26. The summed E-state index contributed by atoms with van der Waals surface area (Å²) in [5, 5.41) is 9.51. The number of ether oxygens (including phenoxy) is 2. The highest BCUT2D eigenvalue weighted by Crippen LogP contribution is 2.45. The number of hydrogen-bond acceptors (Lipinski definition) is 4. The molecular weight excluding hydrogens is 218 g/mol. The third-order valence-electron chi connectivity index (χ3n) is 3.61. The Balaban J connectivity index is 2.36. The lowest BCUT2D eigenvalue weighted by Gasteiger charge is -2.45. The van der Waals surface area contributed by atoms with E-state index in [1.807, 2.05) is 18.2 Å². The summed E-state index contributed by atoms with van der Waals surface area (Å²) in [6.45, 7) is 0.528.